The van der Waals surface area contributed by atoms with E-state index >= 15 is 0 Å². The van der Waals surface area contributed by atoms with E-state index in [1.165, 1.54) is 14.2 Å². The second-order valence-electron chi connectivity index (χ2n) is 4.32. The molecule has 0 atom stereocenters. The smallest absolute Gasteiger partial charge is 0.255 e. The van der Waals surface area contributed by atoms with E-state index in [1.807, 2.05) is 18.2 Å². The van der Waals surface area contributed by atoms with Gasteiger partial charge in [0.05, 0.1) is 19.8 Å². The zero-order chi connectivity index (χ0) is 15.2. The molecule has 0 radical (unpaired) electrons. The van der Waals surface area contributed by atoms with Gasteiger partial charge in [0.1, 0.15) is 0 Å². The van der Waals surface area contributed by atoms with Crippen LogP contribution in [0.4, 0.5) is 0 Å². The van der Waals surface area contributed by atoms with Crippen LogP contribution in [0.25, 0.3) is 0 Å². The fraction of sp³-hybridized carbons (Fsp3) is 0.188. The van der Waals surface area contributed by atoms with Crippen molar-refractivity contribution in [3.63, 3.8) is 0 Å². The van der Waals surface area contributed by atoms with Gasteiger partial charge in [0.25, 0.3) is 5.91 Å². The molecule has 0 aliphatic rings. The van der Waals surface area contributed by atoms with E-state index in [-0.39, 0.29) is 5.91 Å². The highest BCUT2D eigenvalue weighted by Crippen LogP contribution is 2.30. The third-order valence-corrected chi connectivity index (χ3v) is 3.41. The summed E-state index contributed by atoms with van der Waals surface area (Å²) in [5.41, 5.74) is 1.28. The van der Waals surface area contributed by atoms with Gasteiger partial charge in [0, 0.05) is 11.6 Å². The van der Waals surface area contributed by atoms with Crippen LogP contribution in [0.5, 0.6) is 11.5 Å². The van der Waals surface area contributed by atoms with Crippen LogP contribution in [0.15, 0.2) is 42.5 Å². The van der Waals surface area contributed by atoms with Gasteiger partial charge in [-0.15, -0.1) is 0 Å². The summed E-state index contributed by atoms with van der Waals surface area (Å²) in [7, 11) is 3.03. The van der Waals surface area contributed by atoms with Crippen molar-refractivity contribution in [2.24, 2.45) is 0 Å². The number of rotatable bonds is 5. The Labute approximate surface area is 128 Å². The van der Waals surface area contributed by atoms with Gasteiger partial charge in [0.2, 0.25) is 0 Å². The van der Waals surface area contributed by atoms with Crippen molar-refractivity contribution < 1.29 is 14.3 Å². The average Bonchev–Trinajstić information content (AvgIpc) is 2.52. The number of hydrogen-bond acceptors (Lipinski definition) is 3. The molecule has 0 fully saturated rings. The van der Waals surface area contributed by atoms with Gasteiger partial charge >= 0.3 is 0 Å². The molecule has 1 amide bonds. The summed E-state index contributed by atoms with van der Waals surface area (Å²) in [6, 6.07) is 12.5. The van der Waals surface area contributed by atoms with Crippen LogP contribution < -0.4 is 14.8 Å². The summed E-state index contributed by atoms with van der Waals surface area (Å²) >= 11 is 6.06. The van der Waals surface area contributed by atoms with Crippen LogP contribution in [-0.4, -0.2) is 20.1 Å². The number of carbonyl (C=O) groups excluding carboxylic acids is 1. The largest absolute Gasteiger partial charge is 0.493 e. The molecule has 1 N–H and O–H groups in total. The Morgan fingerprint density at radius 1 is 1.10 bits per heavy atom. The minimum absolute atomic E-state index is 0.245. The van der Waals surface area contributed by atoms with E-state index in [4.69, 9.17) is 21.1 Å². The lowest BCUT2D eigenvalue weighted by Gasteiger charge is -2.13. The van der Waals surface area contributed by atoms with Crippen molar-refractivity contribution in [1.29, 1.82) is 0 Å². The Bertz CT molecular complexity index is 643. The normalized spacial score (nSPS) is 10.0. The molecule has 0 aliphatic carbocycles. The first-order chi connectivity index (χ1) is 10.2. The average molecular weight is 306 g/mol. The minimum atomic E-state index is -0.245. The Kier molecular flexibility index (Phi) is 5.06. The fourth-order valence-electron chi connectivity index (χ4n) is 1.98. The molecule has 2 aromatic carbocycles. The molecule has 4 nitrogen and oxygen atoms in total. The third-order valence-electron chi connectivity index (χ3n) is 3.04. The number of nitrogens with one attached hydrogen (secondary N) is 1. The van der Waals surface area contributed by atoms with Gasteiger partial charge in [0.15, 0.2) is 11.5 Å². The van der Waals surface area contributed by atoms with E-state index < -0.39 is 0 Å². The summed E-state index contributed by atoms with van der Waals surface area (Å²) < 4.78 is 10.4. The molecule has 2 aromatic rings. The number of ether oxygens (including phenoxy) is 2. The summed E-state index contributed by atoms with van der Waals surface area (Å²) in [6.45, 7) is 0.346. The number of halogens is 1. The molecular weight excluding hydrogens is 290 g/mol. The van der Waals surface area contributed by atoms with Gasteiger partial charge in [-0.1, -0.05) is 35.9 Å². The summed E-state index contributed by atoms with van der Waals surface area (Å²) in [5.74, 6) is 0.685. The Balaban J connectivity index is 2.16. The maximum atomic E-state index is 12.3. The predicted molar refractivity (Wildman–Crippen MR) is 82.2 cm³/mol. The van der Waals surface area contributed by atoms with E-state index in [0.29, 0.717) is 28.6 Å². The molecule has 0 heterocycles. The van der Waals surface area contributed by atoms with Gasteiger partial charge in [-0.3, -0.25) is 4.79 Å². The Hall–Kier alpha value is -2.20. The SMILES string of the molecule is COc1cccc(C(=O)NCc2ccccc2Cl)c1OC. The Morgan fingerprint density at radius 2 is 1.86 bits per heavy atom. The van der Waals surface area contributed by atoms with Crippen LogP contribution in [0, 0.1) is 0 Å². The molecule has 21 heavy (non-hydrogen) atoms. The molecule has 0 spiro atoms. The Morgan fingerprint density at radius 3 is 2.52 bits per heavy atom. The first-order valence-electron chi connectivity index (χ1n) is 6.40. The number of benzene rings is 2. The van der Waals surface area contributed by atoms with Crippen LogP contribution in [0.3, 0.4) is 0 Å². The molecule has 0 bridgehead atoms. The molecular formula is C16H16ClNO3. The zero-order valence-corrected chi connectivity index (χ0v) is 12.6. The van der Waals surface area contributed by atoms with Crippen molar-refractivity contribution in [3.05, 3.63) is 58.6 Å². The molecule has 0 saturated heterocycles. The molecule has 2 rings (SSSR count). The lowest BCUT2D eigenvalue weighted by atomic mass is 10.1. The lowest BCUT2D eigenvalue weighted by molar-refractivity contribution is 0.0947. The second-order valence-corrected chi connectivity index (χ2v) is 4.72. The second kappa shape index (κ2) is 6.99. The minimum Gasteiger partial charge on any atom is -0.493 e. The number of amides is 1. The van der Waals surface area contributed by atoms with Crippen molar-refractivity contribution in [1.82, 2.24) is 5.32 Å². The van der Waals surface area contributed by atoms with Crippen LogP contribution in [-0.2, 0) is 6.54 Å². The van der Waals surface area contributed by atoms with Crippen LogP contribution >= 0.6 is 11.6 Å². The van der Waals surface area contributed by atoms with Crippen LogP contribution in [0.2, 0.25) is 5.02 Å². The lowest BCUT2D eigenvalue weighted by Crippen LogP contribution is -2.23. The van der Waals surface area contributed by atoms with Crippen molar-refractivity contribution in [2.75, 3.05) is 14.2 Å². The number of hydrogen-bond donors (Lipinski definition) is 1. The van der Waals surface area contributed by atoms with Gasteiger partial charge < -0.3 is 14.8 Å². The van der Waals surface area contributed by atoms with Gasteiger partial charge in [-0.2, -0.15) is 0 Å². The summed E-state index contributed by atoms with van der Waals surface area (Å²) in [5, 5.41) is 3.44. The number of carbonyl (C=O) groups is 1. The number of para-hydroxylation sites is 1. The predicted octanol–water partition coefficient (Wildman–Crippen LogP) is 3.29. The summed E-state index contributed by atoms with van der Waals surface area (Å²) in [6.07, 6.45) is 0. The first-order valence-corrected chi connectivity index (χ1v) is 6.77. The molecule has 110 valence electrons. The zero-order valence-electron chi connectivity index (χ0n) is 11.9. The highest BCUT2D eigenvalue weighted by molar-refractivity contribution is 6.31. The molecule has 0 aromatic heterocycles. The molecule has 0 aliphatic heterocycles. The van der Waals surface area contributed by atoms with Crippen molar-refractivity contribution >= 4 is 17.5 Å². The van der Waals surface area contributed by atoms with Crippen molar-refractivity contribution in [2.45, 2.75) is 6.54 Å². The van der Waals surface area contributed by atoms with Crippen LogP contribution in [0.1, 0.15) is 15.9 Å². The summed E-state index contributed by atoms with van der Waals surface area (Å²) in [4.78, 5) is 12.3. The van der Waals surface area contributed by atoms with E-state index in [2.05, 4.69) is 5.32 Å². The maximum Gasteiger partial charge on any atom is 0.255 e. The standard InChI is InChI=1S/C16H16ClNO3/c1-20-14-9-5-7-12(15(14)21-2)16(19)18-10-11-6-3-4-8-13(11)17/h3-9H,10H2,1-2H3,(H,18,19). The first kappa shape index (κ1) is 15.2. The third kappa shape index (κ3) is 3.47. The van der Waals surface area contributed by atoms with Crippen molar-refractivity contribution in [3.8, 4) is 11.5 Å². The molecule has 0 saturated carbocycles. The van der Waals surface area contributed by atoms with Gasteiger partial charge in [-0.25, -0.2) is 0 Å². The highest BCUT2D eigenvalue weighted by atomic mass is 35.5. The number of methoxy groups -OCH3 is 2. The van der Waals surface area contributed by atoms with Gasteiger partial charge in [-0.05, 0) is 23.8 Å². The quantitative estimate of drug-likeness (QED) is 0.922. The van der Waals surface area contributed by atoms with E-state index in [1.54, 1.807) is 24.3 Å². The van der Waals surface area contributed by atoms with E-state index in [0.717, 1.165) is 5.56 Å². The fourth-order valence-corrected chi connectivity index (χ4v) is 2.18. The highest BCUT2D eigenvalue weighted by Gasteiger charge is 2.16. The maximum absolute atomic E-state index is 12.3. The monoisotopic (exact) mass is 305 g/mol. The molecule has 5 heteroatoms. The van der Waals surface area contributed by atoms with E-state index in [9.17, 15) is 4.79 Å². The molecule has 0 unspecified atom stereocenters. The topological polar surface area (TPSA) is 47.6 Å².